The van der Waals surface area contributed by atoms with E-state index in [1.165, 1.54) is 5.56 Å². The summed E-state index contributed by atoms with van der Waals surface area (Å²) in [6, 6.07) is 12.6. The highest BCUT2D eigenvalue weighted by atomic mass is 14.6. The van der Waals surface area contributed by atoms with E-state index in [0.29, 0.717) is 0 Å². The van der Waals surface area contributed by atoms with E-state index in [1.807, 2.05) is 30.5 Å². The van der Waals surface area contributed by atoms with Crippen LogP contribution in [0.2, 0.25) is 0 Å². The number of hydrogen-bond acceptors (Lipinski definition) is 2. The molecule has 1 heterocycles. The lowest BCUT2D eigenvalue weighted by Crippen LogP contribution is -1.95. The second-order valence-electron chi connectivity index (χ2n) is 3.16. The van der Waals surface area contributed by atoms with E-state index in [0.717, 1.165) is 17.7 Å². The van der Waals surface area contributed by atoms with Gasteiger partial charge in [0.25, 0.3) is 0 Å². The first-order chi connectivity index (χ1) is 6.86. The van der Waals surface area contributed by atoms with Gasteiger partial charge in [0.1, 0.15) is 0 Å². The highest BCUT2D eigenvalue weighted by Gasteiger charge is 1.98. The molecule has 0 atom stereocenters. The van der Waals surface area contributed by atoms with Gasteiger partial charge >= 0.3 is 0 Å². The van der Waals surface area contributed by atoms with Crippen LogP contribution in [0.25, 0.3) is 0 Å². The third-order valence-corrected chi connectivity index (χ3v) is 2.11. The van der Waals surface area contributed by atoms with Gasteiger partial charge in [-0.2, -0.15) is 0 Å². The van der Waals surface area contributed by atoms with E-state index >= 15 is 0 Å². The smallest absolute Gasteiger partial charge is 0.0356 e. The monoisotopic (exact) mass is 183 g/mol. The molecule has 0 aliphatic rings. The maximum Gasteiger partial charge on any atom is 0.0356 e. The lowest BCUT2D eigenvalue weighted by atomic mass is 10.1. The molecule has 69 valence electrons. The quantitative estimate of drug-likeness (QED) is 0.724. The first kappa shape index (κ1) is 8.75. The van der Waals surface area contributed by atoms with Crippen molar-refractivity contribution < 1.29 is 0 Å². The second kappa shape index (κ2) is 3.92. The zero-order valence-electron chi connectivity index (χ0n) is 7.77. The van der Waals surface area contributed by atoms with Crippen LogP contribution in [0.4, 0.5) is 5.69 Å². The number of aromatic nitrogens is 1. The van der Waals surface area contributed by atoms with Crippen LogP contribution >= 0.6 is 0 Å². The van der Waals surface area contributed by atoms with E-state index in [2.05, 4.69) is 11.1 Å². The Balaban J connectivity index is 2.24. The summed E-state index contributed by atoms with van der Waals surface area (Å²) in [7, 11) is 0. The van der Waals surface area contributed by atoms with Crippen molar-refractivity contribution in [3.05, 3.63) is 59.9 Å². The fourth-order valence-corrected chi connectivity index (χ4v) is 1.36. The SMILES string of the molecule is Nc1c[c]ccc1Cc1cccnc1. The molecule has 1 aromatic carbocycles. The van der Waals surface area contributed by atoms with Gasteiger partial charge in [0, 0.05) is 24.5 Å². The third-order valence-electron chi connectivity index (χ3n) is 2.11. The van der Waals surface area contributed by atoms with Crippen LogP contribution in [-0.2, 0) is 6.42 Å². The number of nitrogens with two attached hydrogens (primary N) is 1. The largest absolute Gasteiger partial charge is 0.398 e. The fourth-order valence-electron chi connectivity index (χ4n) is 1.36. The van der Waals surface area contributed by atoms with Gasteiger partial charge in [0.15, 0.2) is 0 Å². The molecular formula is C12H11N2. The molecule has 1 aromatic heterocycles. The summed E-state index contributed by atoms with van der Waals surface area (Å²) in [6.07, 6.45) is 4.45. The molecule has 2 N–H and O–H groups in total. The first-order valence-corrected chi connectivity index (χ1v) is 4.49. The lowest BCUT2D eigenvalue weighted by molar-refractivity contribution is 1.15. The molecule has 1 radical (unpaired) electrons. The van der Waals surface area contributed by atoms with Gasteiger partial charge in [0.2, 0.25) is 0 Å². The topological polar surface area (TPSA) is 38.9 Å². The molecule has 0 saturated heterocycles. The standard InChI is InChI=1S/C12H11N2/c13-12-6-2-1-5-11(12)8-10-4-3-7-14-9-10/h1,3-7,9H,8,13H2. The molecule has 2 aromatic rings. The molecule has 14 heavy (non-hydrogen) atoms. The van der Waals surface area contributed by atoms with E-state index in [1.54, 1.807) is 12.3 Å². The molecule has 2 heteroatoms. The van der Waals surface area contributed by atoms with Gasteiger partial charge in [-0.15, -0.1) is 0 Å². The summed E-state index contributed by atoms with van der Waals surface area (Å²) in [5, 5.41) is 0. The maximum absolute atomic E-state index is 5.82. The number of hydrogen-bond donors (Lipinski definition) is 1. The zero-order chi connectivity index (χ0) is 9.80. The Bertz CT molecular complexity index is 410. The van der Waals surface area contributed by atoms with Crippen LogP contribution in [0.1, 0.15) is 11.1 Å². The fraction of sp³-hybridized carbons (Fsp3) is 0.0833. The van der Waals surface area contributed by atoms with Gasteiger partial charge < -0.3 is 5.73 Å². The molecule has 0 aliphatic heterocycles. The Labute approximate surface area is 83.4 Å². The Morgan fingerprint density at radius 1 is 1.36 bits per heavy atom. The Kier molecular flexibility index (Phi) is 2.45. The lowest BCUT2D eigenvalue weighted by Gasteiger charge is -2.04. The van der Waals surface area contributed by atoms with Gasteiger partial charge in [-0.3, -0.25) is 4.98 Å². The van der Waals surface area contributed by atoms with Gasteiger partial charge in [-0.25, -0.2) is 0 Å². The van der Waals surface area contributed by atoms with E-state index in [4.69, 9.17) is 5.73 Å². The van der Waals surface area contributed by atoms with Crippen molar-refractivity contribution in [2.24, 2.45) is 0 Å². The molecule has 0 unspecified atom stereocenters. The van der Waals surface area contributed by atoms with Crippen molar-refractivity contribution in [3.63, 3.8) is 0 Å². The maximum atomic E-state index is 5.82. The van der Waals surface area contributed by atoms with Crippen molar-refractivity contribution in [3.8, 4) is 0 Å². The summed E-state index contributed by atoms with van der Waals surface area (Å²) in [5.41, 5.74) is 8.90. The zero-order valence-corrected chi connectivity index (χ0v) is 7.77. The van der Waals surface area contributed by atoms with Crippen LogP contribution in [0, 0.1) is 6.07 Å². The van der Waals surface area contributed by atoms with Gasteiger partial charge in [0.05, 0.1) is 0 Å². The van der Waals surface area contributed by atoms with Crippen LogP contribution in [0.3, 0.4) is 0 Å². The first-order valence-electron chi connectivity index (χ1n) is 4.49. The summed E-state index contributed by atoms with van der Waals surface area (Å²) in [6.45, 7) is 0. The molecule has 0 saturated carbocycles. The minimum atomic E-state index is 0.788. The minimum absolute atomic E-state index is 0.788. The Morgan fingerprint density at radius 2 is 2.29 bits per heavy atom. The van der Waals surface area contributed by atoms with Crippen molar-refractivity contribution in [1.29, 1.82) is 0 Å². The number of rotatable bonds is 2. The van der Waals surface area contributed by atoms with Crippen molar-refractivity contribution in [2.75, 3.05) is 5.73 Å². The number of anilines is 1. The molecule has 0 amide bonds. The van der Waals surface area contributed by atoms with Crippen molar-refractivity contribution >= 4 is 5.69 Å². The molecule has 2 rings (SSSR count). The molecule has 0 bridgehead atoms. The van der Waals surface area contributed by atoms with Crippen LogP contribution in [-0.4, -0.2) is 4.98 Å². The highest BCUT2D eigenvalue weighted by Crippen LogP contribution is 2.14. The Morgan fingerprint density at radius 3 is 3.00 bits per heavy atom. The predicted molar refractivity (Wildman–Crippen MR) is 56.7 cm³/mol. The summed E-state index contributed by atoms with van der Waals surface area (Å²) < 4.78 is 0. The number of nitrogens with zero attached hydrogens (tertiary/aromatic N) is 1. The average molecular weight is 183 g/mol. The number of benzene rings is 1. The predicted octanol–water partition coefficient (Wildman–Crippen LogP) is 2.05. The van der Waals surface area contributed by atoms with E-state index in [-0.39, 0.29) is 0 Å². The molecule has 0 aliphatic carbocycles. The van der Waals surface area contributed by atoms with Crippen molar-refractivity contribution in [2.45, 2.75) is 6.42 Å². The average Bonchev–Trinajstić information content (AvgIpc) is 2.23. The summed E-state index contributed by atoms with van der Waals surface area (Å²) in [5.74, 6) is 0. The molecule has 2 nitrogen and oxygen atoms in total. The van der Waals surface area contributed by atoms with Gasteiger partial charge in [-0.1, -0.05) is 18.2 Å². The van der Waals surface area contributed by atoms with Crippen LogP contribution in [0.5, 0.6) is 0 Å². The molecule has 0 fully saturated rings. The van der Waals surface area contributed by atoms with E-state index in [9.17, 15) is 0 Å². The molecular weight excluding hydrogens is 172 g/mol. The summed E-state index contributed by atoms with van der Waals surface area (Å²) >= 11 is 0. The van der Waals surface area contributed by atoms with Crippen LogP contribution < -0.4 is 5.73 Å². The highest BCUT2D eigenvalue weighted by molar-refractivity contribution is 5.47. The summed E-state index contributed by atoms with van der Waals surface area (Å²) in [4.78, 5) is 4.06. The number of nitrogen functional groups attached to an aromatic ring is 1. The second-order valence-corrected chi connectivity index (χ2v) is 3.16. The van der Waals surface area contributed by atoms with E-state index < -0.39 is 0 Å². The van der Waals surface area contributed by atoms with Crippen LogP contribution in [0.15, 0.2) is 42.7 Å². The minimum Gasteiger partial charge on any atom is -0.398 e. The molecule has 0 spiro atoms. The normalized spacial score (nSPS) is 10.0. The van der Waals surface area contributed by atoms with Gasteiger partial charge in [-0.05, 0) is 29.3 Å². The van der Waals surface area contributed by atoms with Crippen molar-refractivity contribution in [1.82, 2.24) is 4.98 Å². The number of pyridine rings is 1. The third kappa shape index (κ3) is 1.91. The Hall–Kier alpha value is -1.83.